The highest BCUT2D eigenvalue weighted by molar-refractivity contribution is 7.94. The van der Waals surface area contributed by atoms with E-state index in [1.165, 1.54) is 43.0 Å². The number of benzene rings is 1. The number of halogens is 1. The Bertz CT molecular complexity index is 966. The van der Waals surface area contributed by atoms with Crippen LogP contribution in [0.4, 0.5) is 4.39 Å². The van der Waals surface area contributed by atoms with Crippen LogP contribution >= 0.6 is 0 Å². The van der Waals surface area contributed by atoms with Crippen molar-refractivity contribution in [1.29, 1.82) is 0 Å². The molecular weight excluding hydrogens is 371 g/mol. The summed E-state index contributed by atoms with van der Waals surface area (Å²) in [5.74, 6) is -0.242. The third-order valence-corrected chi connectivity index (χ3v) is 6.63. The molecule has 1 aliphatic carbocycles. The first kappa shape index (κ1) is 22.1. The molecule has 0 spiro atoms. The molecule has 150 valence electrons. The summed E-state index contributed by atoms with van der Waals surface area (Å²) in [4.78, 5) is 0.0684. The third-order valence-electron chi connectivity index (χ3n) is 5.54. The van der Waals surface area contributed by atoms with Crippen molar-refractivity contribution in [2.24, 2.45) is 5.41 Å². The predicted octanol–water partition coefficient (Wildman–Crippen LogP) is 6.40. The van der Waals surface area contributed by atoms with Gasteiger partial charge in [-0.2, -0.15) is 0 Å². The van der Waals surface area contributed by atoms with Gasteiger partial charge in [-0.15, -0.1) is 5.73 Å². The Morgan fingerprint density at radius 3 is 2.32 bits per heavy atom. The lowest BCUT2D eigenvalue weighted by molar-refractivity contribution is 0.169. The van der Waals surface area contributed by atoms with Crippen LogP contribution < -0.4 is 0 Å². The Morgan fingerprint density at radius 2 is 1.86 bits per heavy atom. The molecular formula is C24H29FO2S. The lowest BCUT2D eigenvalue weighted by atomic mass is 9.65. The summed E-state index contributed by atoms with van der Waals surface area (Å²) in [5.41, 5.74) is 7.46. The van der Waals surface area contributed by atoms with Crippen molar-refractivity contribution in [1.82, 2.24) is 0 Å². The van der Waals surface area contributed by atoms with Crippen molar-refractivity contribution in [3.8, 4) is 0 Å². The van der Waals surface area contributed by atoms with Gasteiger partial charge in [0.15, 0.2) is 9.84 Å². The Balaban J connectivity index is 2.47. The molecule has 0 unspecified atom stereocenters. The zero-order valence-corrected chi connectivity index (χ0v) is 18.0. The number of hydrogen-bond acceptors (Lipinski definition) is 2. The SMILES string of the molecule is C=CC(=C=C/C=C(C)/C(C)=C(/CC1(C)CCC1)c1ccc(F)cc1)S(C)(=O)=O. The van der Waals surface area contributed by atoms with Gasteiger partial charge in [0.2, 0.25) is 0 Å². The highest BCUT2D eigenvalue weighted by Crippen LogP contribution is 2.48. The van der Waals surface area contributed by atoms with Crippen LogP contribution in [0.3, 0.4) is 0 Å². The minimum Gasteiger partial charge on any atom is -0.223 e. The molecule has 0 aliphatic heterocycles. The topological polar surface area (TPSA) is 34.1 Å². The van der Waals surface area contributed by atoms with E-state index in [0.29, 0.717) is 0 Å². The van der Waals surface area contributed by atoms with Crippen molar-refractivity contribution in [3.63, 3.8) is 0 Å². The molecule has 0 radical (unpaired) electrons. The largest absolute Gasteiger partial charge is 0.223 e. The first-order valence-corrected chi connectivity index (χ1v) is 11.4. The van der Waals surface area contributed by atoms with Gasteiger partial charge in [0.05, 0.1) is 0 Å². The summed E-state index contributed by atoms with van der Waals surface area (Å²) >= 11 is 0. The van der Waals surface area contributed by atoms with Crippen LogP contribution in [0.15, 0.2) is 70.9 Å². The van der Waals surface area contributed by atoms with Crippen molar-refractivity contribution >= 4 is 15.4 Å². The van der Waals surface area contributed by atoms with Crippen LogP contribution in [0.1, 0.15) is 52.0 Å². The molecule has 1 aromatic carbocycles. The molecule has 0 saturated heterocycles. The highest BCUT2D eigenvalue weighted by Gasteiger charge is 2.33. The van der Waals surface area contributed by atoms with Gasteiger partial charge in [0.1, 0.15) is 10.7 Å². The Kier molecular flexibility index (Phi) is 7.03. The van der Waals surface area contributed by atoms with Gasteiger partial charge in [0, 0.05) is 6.26 Å². The standard InChI is InChI=1S/C24H29FO2S/c1-6-22(28(5,26)27)10-7-9-18(2)19(3)23(17-24(4)15-8-16-24)20-11-13-21(25)14-12-20/h6-7,9,11-14H,1,8,15-17H2,2-5H3/b18-9+,23-19-. The quantitative estimate of drug-likeness (QED) is 0.392. The maximum absolute atomic E-state index is 13.4. The van der Waals surface area contributed by atoms with E-state index in [2.05, 4.69) is 26.2 Å². The van der Waals surface area contributed by atoms with Gasteiger partial charge >= 0.3 is 0 Å². The lowest BCUT2D eigenvalue weighted by Gasteiger charge is -2.40. The monoisotopic (exact) mass is 400 g/mol. The van der Waals surface area contributed by atoms with Gasteiger partial charge in [0.25, 0.3) is 0 Å². The van der Waals surface area contributed by atoms with Gasteiger partial charge in [-0.05, 0) is 85.1 Å². The zero-order chi connectivity index (χ0) is 20.9. The second-order valence-corrected chi connectivity index (χ2v) is 9.94. The van der Waals surface area contributed by atoms with E-state index < -0.39 is 9.84 Å². The predicted molar refractivity (Wildman–Crippen MR) is 116 cm³/mol. The van der Waals surface area contributed by atoms with Crippen molar-refractivity contribution in [2.45, 2.75) is 46.5 Å². The van der Waals surface area contributed by atoms with E-state index in [-0.39, 0.29) is 16.1 Å². The van der Waals surface area contributed by atoms with Gasteiger partial charge in [-0.3, -0.25) is 0 Å². The van der Waals surface area contributed by atoms with Gasteiger partial charge in [-0.1, -0.05) is 38.1 Å². The van der Waals surface area contributed by atoms with Gasteiger partial charge < -0.3 is 0 Å². The molecule has 28 heavy (non-hydrogen) atoms. The molecule has 2 rings (SSSR count). The second-order valence-electron chi connectivity index (χ2n) is 7.95. The molecule has 2 nitrogen and oxygen atoms in total. The summed E-state index contributed by atoms with van der Waals surface area (Å²) < 4.78 is 36.7. The molecule has 0 amide bonds. The molecule has 1 saturated carbocycles. The summed E-state index contributed by atoms with van der Waals surface area (Å²) in [6, 6.07) is 6.66. The van der Waals surface area contributed by atoms with E-state index in [0.717, 1.165) is 29.4 Å². The Morgan fingerprint density at radius 1 is 1.25 bits per heavy atom. The Hall–Kier alpha value is -2.16. The minimum absolute atomic E-state index is 0.0684. The summed E-state index contributed by atoms with van der Waals surface area (Å²) in [5, 5.41) is 0. The number of rotatable bonds is 7. The first-order chi connectivity index (χ1) is 13.1. The number of sulfone groups is 1. The number of hydrogen-bond donors (Lipinski definition) is 0. The van der Waals surface area contributed by atoms with Crippen molar-refractivity contribution in [3.05, 3.63) is 82.2 Å². The fraction of sp³-hybridized carbons (Fsp3) is 0.375. The van der Waals surface area contributed by atoms with Gasteiger partial charge in [-0.25, -0.2) is 12.8 Å². The molecule has 0 atom stereocenters. The molecule has 1 aliphatic rings. The molecule has 0 N–H and O–H groups in total. The fourth-order valence-corrected chi connectivity index (χ4v) is 4.00. The first-order valence-electron chi connectivity index (χ1n) is 9.48. The molecule has 1 aromatic rings. The van der Waals surface area contributed by atoms with Crippen LogP contribution in [0, 0.1) is 11.2 Å². The van der Waals surface area contributed by atoms with E-state index in [9.17, 15) is 12.8 Å². The fourth-order valence-electron chi connectivity index (χ4n) is 3.42. The highest BCUT2D eigenvalue weighted by atomic mass is 32.2. The Labute approximate surface area is 168 Å². The average molecular weight is 401 g/mol. The third kappa shape index (κ3) is 5.67. The minimum atomic E-state index is -3.34. The average Bonchev–Trinajstić information content (AvgIpc) is 2.61. The van der Waals surface area contributed by atoms with E-state index in [1.54, 1.807) is 6.08 Å². The number of allylic oxidation sites excluding steroid dienone is 5. The summed E-state index contributed by atoms with van der Waals surface area (Å²) in [6.45, 7) is 9.89. The van der Waals surface area contributed by atoms with Crippen molar-refractivity contribution in [2.75, 3.05) is 6.26 Å². The molecule has 0 heterocycles. The lowest BCUT2D eigenvalue weighted by Crippen LogP contribution is -2.26. The molecule has 1 fully saturated rings. The molecule has 4 heteroatoms. The maximum Gasteiger partial charge on any atom is 0.182 e. The molecule has 0 bridgehead atoms. The van der Waals surface area contributed by atoms with Crippen LogP contribution in [0.5, 0.6) is 0 Å². The van der Waals surface area contributed by atoms with Crippen LogP contribution in [-0.4, -0.2) is 14.7 Å². The normalized spacial score (nSPS) is 17.1. The van der Waals surface area contributed by atoms with Crippen LogP contribution in [0.2, 0.25) is 0 Å². The van der Waals surface area contributed by atoms with Crippen molar-refractivity contribution < 1.29 is 12.8 Å². The molecule has 0 aromatic heterocycles. The van der Waals surface area contributed by atoms with Crippen LogP contribution in [-0.2, 0) is 9.84 Å². The second kappa shape index (κ2) is 8.89. The summed E-state index contributed by atoms with van der Waals surface area (Å²) in [6.07, 6.45) is 10.5. The maximum atomic E-state index is 13.4. The van der Waals surface area contributed by atoms with Crippen LogP contribution in [0.25, 0.3) is 5.57 Å². The van der Waals surface area contributed by atoms with E-state index in [1.807, 2.05) is 25.1 Å². The summed E-state index contributed by atoms with van der Waals surface area (Å²) in [7, 11) is -3.34. The van der Waals surface area contributed by atoms with E-state index >= 15 is 0 Å². The zero-order valence-electron chi connectivity index (χ0n) is 17.2. The smallest absolute Gasteiger partial charge is 0.182 e. The van der Waals surface area contributed by atoms with E-state index in [4.69, 9.17) is 0 Å².